The van der Waals surface area contributed by atoms with Crippen LogP contribution >= 0.6 is 11.8 Å². The van der Waals surface area contributed by atoms with E-state index in [2.05, 4.69) is 42.0 Å². The van der Waals surface area contributed by atoms with Gasteiger partial charge in [-0.05, 0) is 31.1 Å². The molecule has 84 valence electrons. The lowest BCUT2D eigenvalue weighted by Gasteiger charge is -2.13. The SMILES string of the molecule is CSCC(CCCc1ccccc1)NN. The van der Waals surface area contributed by atoms with Crippen LogP contribution in [0.25, 0.3) is 0 Å². The highest BCUT2D eigenvalue weighted by Crippen LogP contribution is 2.08. The van der Waals surface area contributed by atoms with E-state index in [4.69, 9.17) is 5.84 Å². The smallest absolute Gasteiger partial charge is 0.0301 e. The van der Waals surface area contributed by atoms with Gasteiger partial charge in [-0.1, -0.05) is 30.3 Å². The predicted molar refractivity (Wildman–Crippen MR) is 68.9 cm³/mol. The summed E-state index contributed by atoms with van der Waals surface area (Å²) in [6.45, 7) is 0. The van der Waals surface area contributed by atoms with E-state index in [0.29, 0.717) is 6.04 Å². The lowest BCUT2D eigenvalue weighted by Crippen LogP contribution is -2.36. The van der Waals surface area contributed by atoms with Gasteiger partial charge in [-0.2, -0.15) is 11.8 Å². The molecule has 0 aliphatic carbocycles. The Morgan fingerprint density at radius 1 is 1.33 bits per heavy atom. The summed E-state index contributed by atoms with van der Waals surface area (Å²) in [5.74, 6) is 6.56. The first-order valence-corrected chi connectivity index (χ1v) is 6.75. The molecule has 0 radical (unpaired) electrons. The van der Waals surface area contributed by atoms with Gasteiger partial charge in [-0.3, -0.25) is 11.3 Å². The summed E-state index contributed by atoms with van der Waals surface area (Å²) in [4.78, 5) is 0. The molecule has 0 aliphatic rings. The number of hydrazine groups is 1. The Hall–Kier alpha value is -0.510. The third kappa shape index (κ3) is 5.21. The molecular weight excluding hydrogens is 204 g/mol. The fourth-order valence-electron chi connectivity index (χ4n) is 1.61. The van der Waals surface area contributed by atoms with Crippen molar-refractivity contribution in [2.45, 2.75) is 25.3 Å². The minimum Gasteiger partial charge on any atom is -0.271 e. The normalized spacial score (nSPS) is 12.7. The molecule has 0 bridgehead atoms. The van der Waals surface area contributed by atoms with E-state index in [1.54, 1.807) is 0 Å². The molecule has 1 atom stereocenters. The zero-order valence-corrected chi connectivity index (χ0v) is 10.1. The summed E-state index contributed by atoms with van der Waals surface area (Å²) in [6.07, 6.45) is 5.60. The average molecular weight is 224 g/mol. The number of aryl methyl sites for hydroxylation is 1. The second-order valence-electron chi connectivity index (χ2n) is 3.70. The number of benzene rings is 1. The monoisotopic (exact) mass is 224 g/mol. The van der Waals surface area contributed by atoms with E-state index >= 15 is 0 Å². The van der Waals surface area contributed by atoms with Crippen molar-refractivity contribution in [2.24, 2.45) is 5.84 Å². The molecule has 3 heteroatoms. The minimum absolute atomic E-state index is 0.448. The molecule has 1 rings (SSSR count). The van der Waals surface area contributed by atoms with E-state index in [1.807, 2.05) is 11.8 Å². The van der Waals surface area contributed by atoms with Crippen molar-refractivity contribution in [2.75, 3.05) is 12.0 Å². The van der Waals surface area contributed by atoms with Crippen LogP contribution in [0.2, 0.25) is 0 Å². The summed E-state index contributed by atoms with van der Waals surface area (Å²) < 4.78 is 0. The number of hydrogen-bond acceptors (Lipinski definition) is 3. The zero-order valence-electron chi connectivity index (χ0n) is 9.28. The van der Waals surface area contributed by atoms with Crippen LogP contribution in [0.5, 0.6) is 0 Å². The van der Waals surface area contributed by atoms with Gasteiger partial charge in [0.2, 0.25) is 0 Å². The second kappa shape index (κ2) is 7.74. The second-order valence-corrected chi connectivity index (χ2v) is 4.61. The maximum atomic E-state index is 5.47. The van der Waals surface area contributed by atoms with Gasteiger partial charge in [0.1, 0.15) is 0 Å². The summed E-state index contributed by atoms with van der Waals surface area (Å²) in [5, 5.41) is 0. The first-order chi connectivity index (χ1) is 7.36. The Labute approximate surface area is 96.6 Å². The molecular formula is C12H20N2S. The lowest BCUT2D eigenvalue weighted by atomic mass is 10.1. The molecule has 0 saturated carbocycles. The third-order valence-corrected chi connectivity index (χ3v) is 3.20. The molecule has 0 aliphatic heterocycles. The Morgan fingerprint density at radius 2 is 2.07 bits per heavy atom. The van der Waals surface area contributed by atoms with Crippen molar-refractivity contribution < 1.29 is 0 Å². The van der Waals surface area contributed by atoms with Gasteiger partial charge >= 0.3 is 0 Å². The van der Waals surface area contributed by atoms with Crippen LogP contribution in [0, 0.1) is 0 Å². The highest BCUT2D eigenvalue weighted by Gasteiger charge is 2.04. The van der Waals surface area contributed by atoms with Crippen molar-refractivity contribution in [1.29, 1.82) is 0 Å². The number of nitrogens with two attached hydrogens (primary N) is 1. The number of nitrogens with one attached hydrogen (secondary N) is 1. The average Bonchev–Trinajstić information content (AvgIpc) is 2.29. The molecule has 1 aromatic carbocycles. The van der Waals surface area contributed by atoms with Crippen LogP contribution in [-0.4, -0.2) is 18.1 Å². The summed E-state index contributed by atoms with van der Waals surface area (Å²) in [7, 11) is 0. The highest BCUT2D eigenvalue weighted by molar-refractivity contribution is 7.98. The topological polar surface area (TPSA) is 38.0 Å². The molecule has 0 amide bonds. The Bertz CT molecular complexity index is 251. The van der Waals surface area contributed by atoms with Crippen LogP contribution in [0.1, 0.15) is 18.4 Å². The van der Waals surface area contributed by atoms with Gasteiger partial charge in [0.25, 0.3) is 0 Å². The zero-order chi connectivity index (χ0) is 10.9. The fraction of sp³-hybridized carbons (Fsp3) is 0.500. The molecule has 0 heterocycles. The van der Waals surface area contributed by atoms with Gasteiger partial charge in [-0.25, -0.2) is 0 Å². The van der Waals surface area contributed by atoms with Gasteiger partial charge in [-0.15, -0.1) is 0 Å². The van der Waals surface area contributed by atoms with Crippen molar-refractivity contribution in [1.82, 2.24) is 5.43 Å². The quantitative estimate of drug-likeness (QED) is 0.551. The molecule has 15 heavy (non-hydrogen) atoms. The number of thioether (sulfide) groups is 1. The van der Waals surface area contributed by atoms with E-state index in [-0.39, 0.29) is 0 Å². The van der Waals surface area contributed by atoms with Crippen molar-refractivity contribution in [3.63, 3.8) is 0 Å². The van der Waals surface area contributed by atoms with E-state index in [9.17, 15) is 0 Å². The summed E-state index contributed by atoms with van der Waals surface area (Å²) in [6, 6.07) is 11.1. The van der Waals surface area contributed by atoms with Crippen LogP contribution in [-0.2, 0) is 6.42 Å². The van der Waals surface area contributed by atoms with Gasteiger partial charge in [0.05, 0.1) is 0 Å². The van der Waals surface area contributed by atoms with Crippen LogP contribution < -0.4 is 11.3 Å². The van der Waals surface area contributed by atoms with Gasteiger partial charge in [0, 0.05) is 11.8 Å². The molecule has 0 fully saturated rings. The third-order valence-electron chi connectivity index (χ3n) is 2.46. The molecule has 2 nitrogen and oxygen atoms in total. The standard InChI is InChI=1S/C12H20N2S/c1-15-10-12(14-13)9-5-8-11-6-3-2-4-7-11/h2-4,6-7,12,14H,5,8-10,13H2,1H3. The Morgan fingerprint density at radius 3 is 2.67 bits per heavy atom. The number of rotatable bonds is 7. The maximum absolute atomic E-state index is 5.47. The molecule has 1 unspecified atom stereocenters. The lowest BCUT2D eigenvalue weighted by molar-refractivity contribution is 0.520. The van der Waals surface area contributed by atoms with Crippen LogP contribution in [0.4, 0.5) is 0 Å². The van der Waals surface area contributed by atoms with Crippen molar-refractivity contribution in [3.05, 3.63) is 35.9 Å². The molecule has 1 aromatic rings. The fourth-order valence-corrected chi connectivity index (χ4v) is 2.28. The Balaban J connectivity index is 2.20. The largest absolute Gasteiger partial charge is 0.271 e. The summed E-state index contributed by atoms with van der Waals surface area (Å²) >= 11 is 1.84. The molecule has 0 aromatic heterocycles. The number of hydrogen-bond donors (Lipinski definition) is 2. The first-order valence-electron chi connectivity index (χ1n) is 5.36. The van der Waals surface area contributed by atoms with E-state index in [0.717, 1.165) is 18.6 Å². The predicted octanol–water partition coefficient (Wildman–Crippen LogP) is 2.20. The molecule has 3 N–H and O–H groups in total. The van der Waals surface area contributed by atoms with Crippen LogP contribution in [0.3, 0.4) is 0 Å². The summed E-state index contributed by atoms with van der Waals surface area (Å²) in [5.41, 5.74) is 4.28. The minimum atomic E-state index is 0.448. The first kappa shape index (κ1) is 12.6. The molecule has 0 saturated heterocycles. The van der Waals surface area contributed by atoms with Crippen molar-refractivity contribution >= 4 is 11.8 Å². The van der Waals surface area contributed by atoms with Gasteiger partial charge in [0.15, 0.2) is 0 Å². The van der Waals surface area contributed by atoms with Gasteiger partial charge < -0.3 is 0 Å². The molecule has 0 spiro atoms. The van der Waals surface area contributed by atoms with Crippen molar-refractivity contribution in [3.8, 4) is 0 Å². The van der Waals surface area contributed by atoms with E-state index < -0.39 is 0 Å². The van der Waals surface area contributed by atoms with E-state index in [1.165, 1.54) is 12.0 Å². The van der Waals surface area contributed by atoms with Crippen LogP contribution in [0.15, 0.2) is 30.3 Å². The Kier molecular flexibility index (Phi) is 6.48. The highest BCUT2D eigenvalue weighted by atomic mass is 32.2. The maximum Gasteiger partial charge on any atom is 0.0301 e.